The summed E-state index contributed by atoms with van der Waals surface area (Å²) in [6, 6.07) is 0. The summed E-state index contributed by atoms with van der Waals surface area (Å²) in [5, 5.41) is 102. The molecule has 3 rings (SSSR count). The second-order valence-corrected chi connectivity index (χ2v) is 36.6. The zero-order chi connectivity index (χ0) is 87.6. The number of ether oxygens (including phenoxy) is 8. The fourth-order valence-corrected chi connectivity index (χ4v) is 17.3. The lowest BCUT2D eigenvalue weighted by atomic mass is 9.84. The Balaban J connectivity index is 1.91. The van der Waals surface area contributed by atoms with E-state index in [9.17, 15) is 74.6 Å². The molecule has 3 fully saturated rings. The van der Waals surface area contributed by atoms with Gasteiger partial charge >= 0.3 is 31.7 Å². The van der Waals surface area contributed by atoms with Gasteiger partial charge in [-0.2, -0.15) is 0 Å². The highest BCUT2D eigenvalue weighted by Crippen LogP contribution is 2.49. The van der Waals surface area contributed by atoms with Crippen molar-refractivity contribution >= 4 is 31.7 Å². The lowest BCUT2D eigenvalue weighted by molar-refractivity contribution is -0.360. The van der Waals surface area contributed by atoms with E-state index in [1.807, 2.05) is 0 Å². The summed E-state index contributed by atoms with van der Waals surface area (Å²) in [7, 11) is -5.81. The molecule has 0 bridgehead atoms. The number of carbonyl (C=O) groups excluding carboxylic acids is 4. The van der Waals surface area contributed by atoms with Gasteiger partial charge in [-0.25, -0.2) is 4.57 Å². The van der Waals surface area contributed by atoms with Gasteiger partial charge in [0, 0.05) is 25.7 Å². The van der Waals surface area contributed by atoms with Crippen LogP contribution in [0.3, 0.4) is 0 Å². The normalized spacial score (nSPS) is 25.0. The third-order valence-electron chi connectivity index (χ3n) is 24.2. The van der Waals surface area contributed by atoms with Crippen LogP contribution in [0.15, 0.2) is 12.2 Å². The molecular formula is C94H175O25P. The van der Waals surface area contributed by atoms with Crippen molar-refractivity contribution in [3.05, 3.63) is 12.2 Å². The topological polar surface area (TPSA) is 380 Å². The summed E-state index contributed by atoms with van der Waals surface area (Å²) in [6.07, 6.45) is 30.4. The minimum atomic E-state index is -5.81. The summed E-state index contributed by atoms with van der Waals surface area (Å²) in [6.45, 7) is 7.95. The monoisotopic (exact) mass is 1740 g/mol. The van der Waals surface area contributed by atoms with Gasteiger partial charge in [-0.1, -0.05) is 361 Å². The van der Waals surface area contributed by atoms with Gasteiger partial charge in [-0.3, -0.25) is 28.2 Å². The molecule has 2 saturated heterocycles. The third kappa shape index (κ3) is 51.9. The van der Waals surface area contributed by atoms with E-state index in [0.717, 1.165) is 148 Å². The molecule has 26 heteroatoms. The summed E-state index contributed by atoms with van der Waals surface area (Å²) in [4.78, 5) is 66.6. The van der Waals surface area contributed by atoms with Gasteiger partial charge in [0.15, 0.2) is 24.8 Å². The van der Waals surface area contributed by atoms with Crippen molar-refractivity contribution < 1.29 is 122 Å². The number of phosphoric acid groups is 1. The number of aliphatic hydroxyl groups is 9. The number of hydrogen-bond acceptors (Lipinski definition) is 24. The molecule has 1 saturated carbocycles. The van der Waals surface area contributed by atoms with Crippen LogP contribution in [-0.2, 0) is 70.7 Å². The highest BCUT2D eigenvalue weighted by molar-refractivity contribution is 7.47. The van der Waals surface area contributed by atoms with Crippen LogP contribution in [0.25, 0.3) is 0 Å². The van der Waals surface area contributed by atoms with Crippen molar-refractivity contribution in [3.63, 3.8) is 0 Å². The number of aliphatic hydroxyl groups excluding tert-OH is 9. The minimum Gasteiger partial charge on any atom is -0.463 e. The molecule has 0 aromatic rings. The molecule has 3 aliphatic rings. The molecule has 2 heterocycles. The lowest BCUT2D eigenvalue weighted by Crippen LogP contribution is -2.70. The molecule has 0 radical (unpaired) electrons. The molecule has 25 nitrogen and oxygen atoms in total. The minimum absolute atomic E-state index is 0.0187. The Kier molecular flexibility index (Phi) is 67.0. The van der Waals surface area contributed by atoms with Gasteiger partial charge in [0.05, 0.1) is 13.2 Å². The van der Waals surface area contributed by atoms with Crippen LogP contribution in [0.4, 0.5) is 0 Å². The van der Waals surface area contributed by atoms with Crippen LogP contribution in [0.2, 0.25) is 0 Å². The van der Waals surface area contributed by atoms with Gasteiger partial charge in [0.1, 0.15) is 92.6 Å². The van der Waals surface area contributed by atoms with Crippen molar-refractivity contribution in [1.82, 2.24) is 0 Å². The van der Waals surface area contributed by atoms with E-state index in [1.165, 1.54) is 186 Å². The first-order valence-corrected chi connectivity index (χ1v) is 50.3. The van der Waals surface area contributed by atoms with Gasteiger partial charge in [0.25, 0.3) is 0 Å². The number of esters is 4. The Bertz CT molecular complexity index is 2550. The summed E-state index contributed by atoms with van der Waals surface area (Å²) < 4.78 is 73.6. The average Bonchev–Trinajstić information content (AvgIpc) is 0.753. The highest BCUT2D eigenvalue weighted by Gasteiger charge is 2.60. The molecule has 120 heavy (non-hydrogen) atoms. The number of unbranched alkanes of at least 4 members (excludes halogenated alkanes) is 49. The number of rotatable bonds is 79. The van der Waals surface area contributed by atoms with Crippen molar-refractivity contribution in [2.75, 3.05) is 26.4 Å². The molecule has 2 aliphatic heterocycles. The zero-order valence-corrected chi connectivity index (χ0v) is 76.4. The van der Waals surface area contributed by atoms with Crippen LogP contribution in [0.5, 0.6) is 0 Å². The Morgan fingerprint density at radius 3 is 1.08 bits per heavy atom. The van der Waals surface area contributed by atoms with Gasteiger partial charge in [-0.15, -0.1) is 0 Å². The van der Waals surface area contributed by atoms with Crippen LogP contribution in [0.1, 0.15) is 426 Å². The first kappa shape index (κ1) is 111. The molecule has 1 aliphatic carbocycles. The molecule has 0 aromatic carbocycles. The smallest absolute Gasteiger partial charge is 0.463 e. The zero-order valence-electron chi connectivity index (χ0n) is 75.6. The average molecular weight is 1740 g/mol. The van der Waals surface area contributed by atoms with E-state index in [4.69, 9.17) is 46.9 Å². The molecule has 706 valence electrons. The Hall–Kier alpha value is -2.79. The van der Waals surface area contributed by atoms with E-state index in [-0.39, 0.29) is 25.7 Å². The fourth-order valence-electron chi connectivity index (χ4n) is 16.3. The van der Waals surface area contributed by atoms with Crippen molar-refractivity contribution in [3.8, 4) is 0 Å². The number of hydrogen-bond donors (Lipinski definition) is 10. The predicted octanol–water partition coefficient (Wildman–Crippen LogP) is 18.6. The molecule has 19 unspecified atom stereocenters. The maximum atomic E-state index is 14.9. The standard InChI is InChI=1S/C94H175O25P/c1-6-10-14-18-22-25-28-31-34-37-40-43-46-53-59-65-77(96)110-70-74(113-79(98)67-61-56-50-49-52-58-64-73(5)63-57-51-21-17-13-9-4)71-112-120(108,109)119-92-90(117-93-87(106)83(102)81(100)75(69-95)114-93)86(105)85(104)89(116-80(99)68-62-55-48-45-42-39-36-33-30-27-24-20-16-12-8-3)91(92)118-94-88(107)84(103)82(101)76(115-94)72-111-78(97)66-60-54-47-44-41-38-35-32-29-26-23-19-15-11-7-2/h25,28,73-76,81-95,100-107H,6-24,26-27,29-72H2,1-5H3,(H,108,109)/b28-25-. The molecule has 0 aromatic heterocycles. The van der Waals surface area contributed by atoms with Crippen LogP contribution >= 0.6 is 7.82 Å². The van der Waals surface area contributed by atoms with Crippen molar-refractivity contribution in [2.45, 2.75) is 530 Å². The van der Waals surface area contributed by atoms with Gasteiger partial charge in [0.2, 0.25) is 0 Å². The quantitative estimate of drug-likeness (QED) is 0.00889. The van der Waals surface area contributed by atoms with Crippen LogP contribution in [-0.4, -0.2) is 205 Å². The second-order valence-electron chi connectivity index (χ2n) is 35.2. The van der Waals surface area contributed by atoms with Crippen LogP contribution in [0, 0.1) is 5.92 Å². The Labute approximate surface area is 724 Å². The Morgan fingerprint density at radius 2 is 0.675 bits per heavy atom. The molecule has 0 amide bonds. The summed E-state index contributed by atoms with van der Waals surface area (Å²) >= 11 is 0. The SMILES string of the molecule is CCCCCC/C=C\CCCCCCCCCC(=O)OCC(COP(=O)(O)OC1C(OC2OC(CO)C(O)C(O)C2O)C(O)C(O)C(OC(=O)CCCCCCCCCCCCCCCCC)C1OC1OC(COC(=O)CCCCCCCCCCCCCCCCC)C(O)C(O)C1O)OC(=O)CCCCCCCCC(C)CCCCCCCC. The maximum Gasteiger partial charge on any atom is 0.472 e. The largest absolute Gasteiger partial charge is 0.472 e. The molecule has 0 spiro atoms. The summed E-state index contributed by atoms with van der Waals surface area (Å²) in [5.41, 5.74) is 0. The van der Waals surface area contributed by atoms with Crippen LogP contribution < -0.4 is 0 Å². The third-order valence-corrected chi connectivity index (χ3v) is 25.2. The number of phosphoric ester groups is 1. The fraction of sp³-hybridized carbons (Fsp3) is 0.936. The number of carbonyl (C=O) groups is 4. The van der Waals surface area contributed by atoms with E-state index in [2.05, 4.69) is 46.8 Å². The molecule has 10 N–H and O–H groups in total. The first-order valence-electron chi connectivity index (χ1n) is 48.8. The summed E-state index contributed by atoms with van der Waals surface area (Å²) in [5.74, 6) is -2.28. The van der Waals surface area contributed by atoms with Crippen molar-refractivity contribution in [2.24, 2.45) is 5.92 Å². The Morgan fingerprint density at radius 1 is 0.350 bits per heavy atom. The first-order chi connectivity index (χ1) is 58.1. The molecular weight excluding hydrogens is 1560 g/mol. The predicted molar refractivity (Wildman–Crippen MR) is 467 cm³/mol. The van der Waals surface area contributed by atoms with E-state index >= 15 is 0 Å². The van der Waals surface area contributed by atoms with E-state index < -0.39 is 162 Å². The lowest BCUT2D eigenvalue weighted by Gasteiger charge is -2.50. The second kappa shape index (κ2) is 72.2. The number of allylic oxidation sites excluding steroid dienone is 2. The van der Waals surface area contributed by atoms with Gasteiger partial charge < -0.3 is 88.7 Å². The molecule has 19 atom stereocenters. The maximum absolute atomic E-state index is 14.9. The highest BCUT2D eigenvalue weighted by atomic mass is 31.2. The van der Waals surface area contributed by atoms with E-state index in [0.29, 0.717) is 38.0 Å². The van der Waals surface area contributed by atoms with Crippen molar-refractivity contribution in [1.29, 1.82) is 0 Å². The van der Waals surface area contributed by atoms with Gasteiger partial charge in [-0.05, 0) is 57.3 Å². The van der Waals surface area contributed by atoms with E-state index in [1.54, 1.807) is 0 Å².